The molecule has 0 aromatic carbocycles. The molecule has 0 aliphatic heterocycles. The van der Waals surface area contributed by atoms with Crippen LogP contribution < -0.4 is 0 Å². The molecule has 9 heavy (non-hydrogen) atoms. The fraction of sp³-hybridized carbons (Fsp3) is 0. The third-order valence-electron chi connectivity index (χ3n) is 0. The molecule has 0 aliphatic rings. The molecule has 0 amide bonds. The first-order chi connectivity index (χ1) is 4.00. The van der Waals surface area contributed by atoms with Gasteiger partial charge >= 0.3 is 52.5 Å². The minimum absolute atomic E-state index is 1.06. The van der Waals surface area contributed by atoms with Crippen LogP contribution in [0.5, 0.6) is 0 Å². The molecule has 0 aliphatic carbocycles. The van der Waals surface area contributed by atoms with E-state index in [1.54, 1.807) is 0 Å². The van der Waals surface area contributed by atoms with Gasteiger partial charge in [-0.05, 0) is 0 Å². The van der Waals surface area contributed by atoms with Crippen molar-refractivity contribution in [2.24, 2.45) is 0 Å². The summed E-state index contributed by atoms with van der Waals surface area (Å²) in [7, 11) is -4.67. The maximum absolute atomic E-state index is 8.74. The summed E-state index contributed by atoms with van der Waals surface area (Å²) in [4.78, 5) is 0. The summed E-state index contributed by atoms with van der Waals surface area (Å²) < 4.78 is 48.0. The van der Waals surface area contributed by atoms with E-state index in [0.717, 1.165) is 34.7 Å². The second kappa shape index (κ2) is 11.4. The summed E-state index contributed by atoms with van der Waals surface area (Å²) in [5.74, 6) is 0. The van der Waals surface area contributed by atoms with Crippen LogP contribution in [-0.2, 0) is 52.5 Å². The Morgan fingerprint density at radius 2 is 0.889 bits per heavy atom. The normalized spacial score (nSPS) is 7.11. The van der Waals surface area contributed by atoms with Crippen molar-refractivity contribution in [3.8, 4) is 0 Å². The van der Waals surface area contributed by atoms with E-state index < -0.39 is 10.4 Å². The van der Waals surface area contributed by atoms with E-state index >= 15 is 0 Å². The average molecular weight is 232 g/mol. The third kappa shape index (κ3) is 933. The first-order valence-corrected chi connectivity index (χ1v) is 3.60. The summed E-state index contributed by atoms with van der Waals surface area (Å²) >= 11 is 2.12. The van der Waals surface area contributed by atoms with E-state index in [1.807, 2.05) is 0 Å². The molecule has 0 unspecified atom stereocenters. The Labute approximate surface area is 70.0 Å². The predicted molar refractivity (Wildman–Crippen MR) is 15.6 cm³/mol. The Balaban J connectivity index is -0.0000000771. The Bertz CT molecular complexity index is 114. The second-order valence-corrected chi connectivity index (χ2v) is 1.34. The molecule has 0 aromatic heterocycles. The molecule has 54 valence electrons. The molecule has 0 heterocycles. The van der Waals surface area contributed by atoms with Gasteiger partial charge in [0.2, 0.25) is 0 Å². The van der Waals surface area contributed by atoms with Crippen LogP contribution in [0.4, 0.5) is 0 Å². The molecule has 0 aromatic rings. The van der Waals surface area contributed by atoms with E-state index in [0.29, 0.717) is 0 Å². The number of hydrogen-bond acceptors (Lipinski definition) is 4. The van der Waals surface area contributed by atoms with E-state index in [1.165, 1.54) is 0 Å². The summed E-state index contributed by atoms with van der Waals surface area (Å²) in [6.45, 7) is 0. The maximum atomic E-state index is 8.74. The number of hydrogen-bond donors (Lipinski definition) is 2. The molecular weight excluding hydrogens is 230 g/mol. The van der Waals surface area contributed by atoms with Crippen molar-refractivity contribution < 1.29 is 59.6 Å². The van der Waals surface area contributed by atoms with Crippen LogP contribution in [0.3, 0.4) is 0 Å². The van der Waals surface area contributed by atoms with Crippen molar-refractivity contribution in [2.45, 2.75) is 0 Å². The Morgan fingerprint density at radius 1 is 0.889 bits per heavy atom. The van der Waals surface area contributed by atoms with Gasteiger partial charge in [0.05, 0.1) is 0 Å². The second-order valence-electron chi connectivity index (χ2n) is 0.448. The molecule has 0 atom stereocenters. The van der Waals surface area contributed by atoms with Gasteiger partial charge in [-0.2, -0.15) is 8.42 Å². The van der Waals surface area contributed by atoms with Crippen molar-refractivity contribution in [1.82, 2.24) is 0 Å². The van der Waals surface area contributed by atoms with E-state index in [-0.39, 0.29) is 0 Å². The van der Waals surface area contributed by atoms with Crippen molar-refractivity contribution in [3.05, 3.63) is 0 Å². The third-order valence-corrected chi connectivity index (χ3v) is 0. The van der Waals surface area contributed by atoms with Crippen molar-refractivity contribution in [3.63, 3.8) is 0 Å². The average Bonchev–Trinajstić information content (AvgIpc) is 1.72. The SMILES string of the molecule is O=S(=O)(O)O.[O]=[V].[O]=[V]. The monoisotopic (exact) mass is 232 g/mol. The molecule has 0 rings (SSSR count). The Morgan fingerprint density at radius 3 is 0.889 bits per heavy atom. The van der Waals surface area contributed by atoms with E-state index in [2.05, 4.69) is 0 Å². The van der Waals surface area contributed by atoms with Gasteiger partial charge < -0.3 is 0 Å². The van der Waals surface area contributed by atoms with E-state index in [9.17, 15) is 0 Å². The summed E-state index contributed by atoms with van der Waals surface area (Å²) in [6, 6.07) is 0. The summed E-state index contributed by atoms with van der Waals surface area (Å²) in [5.41, 5.74) is 0. The van der Waals surface area contributed by atoms with Crippen molar-refractivity contribution in [1.29, 1.82) is 0 Å². The van der Waals surface area contributed by atoms with Crippen LogP contribution in [-0.4, -0.2) is 17.5 Å². The van der Waals surface area contributed by atoms with Crippen LogP contribution in [0.2, 0.25) is 0 Å². The van der Waals surface area contributed by atoms with Gasteiger partial charge in [-0.3, -0.25) is 9.11 Å². The van der Waals surface area contributed by atoms with Crippen LogP contribution in [0.1, 0.15) is 0 Å². The van der Waals surface area contributed by atoms with Gasteiger partial charge in [0.1, 0.15) is 0 Å². The number of rotatable bonds is 0. The van der Waals surface area contributed by atoms with Crippen LogP contribution in [0.25, 0.3) is 0 Å². The first kappa shape index (κ1) is 16.3. The van der Waals surface area contributed by atoms with Gasteiger partial charge in [-0.25, -0.2) is 0 Å². The fourth-order valence-corrected chi connectivity index (χ4v) is 0. The quantitative estimate of drug-likeness (QED) is 0.524. The first-order valence-electron chi connectivity index (χ1n) is 1.06. The standard InChI is InChI=1S/H2O4S.2O.2V/c1-5(2,3)4;;;;/h(H2,1,2,3,4);;;;. The molecule has 9 heteroatoms. The molecule has 0 spiro atoms. The van der Waals surface area contributed by atoms with Gasteiger partial charge in [0, 0.05) is 0 Å². The molecule has 6 nitrogen and oxygen atoms in total. The molecule has 0 bridgehead atoms. The van der Waals surface area contributed by atoms with E-state index in [4.69, 9.17) is 24.9 Å². The Hall–Kier alpha value is 0.639. The molecule has 2 N–H and O–H groups in total. The Kier molecular flexibility index (Phi) is 20.7. The van der Waals surface area contributed by atoms with Crippen LogP contribution in [0.15, 0.2) is 0 Å². The predicted octanol–water partition coefficient (Wildman–Crippen LogP) is -0.895. The van der Waals surface area contributed by atoms with Crippen LogP contribution in [0, 0.1) is 0 Å². The summed E-state index contributed by atoms with van der Waals surface area (Å²) in [5, 5.41) is 0. The van der Waals surface area contributed by atoms with Gasteiger partial charge in [0.15, 0.2) is 0 Å². The zero-order chi connectivity index (χ0) is 8.50. The molecule has 0 saturated heterocycles. The zero-order valence-electron chi connectivity index (χ0n) is 3.83. The van der Waals surface area contributed by atoms with Gasteiger partial charge in [-0.1, -0.05) is 0 Å². The van der Waals surface area contributed by atoms with Crippen molar-refractivity contribution in [2.75, 3.05) is 0 Å². The molecule has 0 saturated carbocycles. The minimum atomic E-state index is -4.67. The summed E-state index contributed by atoms with van der Waals surface area (Å²) in [6.07, 6.45) is 0. The molecular formula is H2O6SV2. The zero-order valence-corrected chi connectivity index (χ0v) is 7.44. The molecule has 0 radical (unpaired) electrons. The molecule has 0 fully saturated rings. The van der Waals surface area contributed by atoms with Gasteiger partial charge in [0.25, 0.3) is 0 Å². The van der Waals surface area contributed by atoms with Gasteiger partial charge in [-0.15, -0.1) is 0 Å². The van der Waals surface area contributed by atoms with Crippen molar-refractivity contribution >= 4 is 10.4 Å². The topological polar surface area (TPSA) is 109 Å². The fourth-order valence-electron chi connectivity index (χ4n) is 0. The van der Waals surface area contributed by atoms with Crippen LogP contribution >= 0.6 is 0 Å².